The molecule has 1 aromatic rings. The minimum Gasteiger partial charge on any atom is -0.299 e. The van der Waals surface area contributed by atoms with E-state index in [0.29, 0.717) is 11.7 Å². The molecule has 1 fully saturated rings. The van der Waals surface area contributed by atoms with Gasteiger partial charge in [-0.05, 0) is 60.6 Å². The Balaban J connectivity index is 1.76. The van der Waals surface area contributed by atoms with E-state index in [1.807, 2.05) is 0 Å². The van der Waals surface area contributed by atoms with Crippen molar-refractivity contribution < 1.29 is 4.79 Å². The third kappa shape index (κ3) is 1.10. The summed E-state index contributed by atoms with van der Waals surface area (Å²) in [6.07, 6.45) is 6.94. The lowest BCUT2D eigenvalue weighted by Gasteiger charge is -2.42. The fourth-order valence-electron chi connectivity index (χ4n) is 7.21. The van der Waals surface area contributed by atoms with Gasteiger partial charge in [0, 0.05) is 17.8 Å². The Morgan fingerprint density at radius 2 is 2.05 bits per heavy atom. The van der Waals surface area contributed by atoms with E-state index in [2.05, 4.69) is 25.1 Å². The lowest BCUT2D eigenvalue weighted by molar-refractivity contribution is -0.123. The number of benzene rings is 1. The zero-order valence-corrected chi connectivity index (χ0v) is 13.2. The van der Waals surface area contributed by atoms with E-state index in [4.69, 9.17) is 0 Å². The average molecular weight is 290 g/mol. The molecule has 1 nitrogen and oxygen atoms in total. The van der Waals surface area contributed by atoms with Gasteiger partial charge in [-0.1, -0.05) is 36.3 Å². The predicted octanol–water partition coefficient (Wildman–Crippen LogP) is 4.52. The Morgan fingerprint density at radius 3 is 2.95 bits per heavy atom. The Hall–Kier alpha value is -1.37. The minimum atomic E-state index is 0.194. The van der Waals surface area contributed by atoms with Crippen molar-refractivity contribution in [1.29, 1.82) is 0 Å². The number of ketones is 1. The lowest BCUT2D eigenvalue weighted by Crippen LogP contribution is -2.36. The van der Waals surface area contributed by atoms with Gasteiger partial charge >= 0.3 is 0 Å². The summed E-state index contributed by atoms with van der Waals surface area (Å²) >= 11 is 0. The second kappa shape index (κ2) is 3.58. The first-order chi connectivity index (χ1) is 10.7. The van der Waals surface area contributed by atoms with Crippen LogP contribution in [0, 0.1) is 17.3 Å². The number of hydrogen-bond donors (Lipinski definition) is 0. The normalized spacial score (nSPS) is 43.6. The van der Waals surface area contributed by atoms with Crippen LogP contribution in [-0.4, -0.2) is 5.78 Å². The van der Waals surface area contributed by atoms with Gasteiger partial charge in [0.1, 0.15) is 5.78 Å². The molecule has 6 rings (SSSR count). The number of allylic oxidation sites excluding steroid dienone is 2. The summed E-state index contributed by atoms with van der Waals surface area (Å²) in [4.78, 5) is 13.0. The van der Waals surface area contributed by atoms with Crippen LogP contribution in [0.2, 0.25) is 0 Å². The highest BCUT2D eigenvalue weighted by Crippen LogP contribution is 2.72. The maximum atomic E-state index is 13.0. The second-order valence-electron chi connectivity index (χ2n) is 8.50. The molecule has 5 atom stereocenters. The summed E-state index contributed by atoms with van der Waals surface area (Å²) < 4.78 is 0. The van der Waals surface area contributed by atoms with Gasteiger partial charge in [0.15, 0.2) is 0 Å². The highest BCUT2D eigenvalue weighted by Gasteiger charge is 2.62. The Labute approximate surface area is 131 Å². The van der Waals surface area contributed by atoms with E-state index in [1.54, 1.807) is 22.3 Å². The molecule has 1 saturated carbocycles. The maximum Gasteiger partial charge on any atom is 0.141 e. The second-order valence-corrected chi connectivity index (χ2v) is 8.50. The zero-order valence-electron chi connectivity index (χ0n) is 13.2. The molecule has 112 valence electrons. The van der Waals surface area contributed by atoms with E-state index in [0.717, 1.165) is 24.7 Å². The Morgan fingerprint density at radius 1 is 1.18 bits per heavy atom. The number of carbonyl (C=O) groups excluding carboxylic acids is 1. The molecular weight excluding hydrogens is 268 g/mol. The fraction of sp³-hybridized carbons (Fsp3) is 0.571. The third-order valence-corrected chi connectivity index (χ3v) is 7.76. The summed E-state index contributed by atoms with van der Waals surface area (Å²) in [6, 6.07) is 6.91. The maximum absolute atomic E-state index is 13.0. The average Bonchev–Trinajstić information content (AvgIpc) is 3.15. The molecule has 5 aliphatic carbocycles. The SMILES string of the molecule is CC1CC2=C3C4CCC2(C4)C2C(=O)CCc4c(cccc42)C31. The quantitative estimate of drug-likeness (QED) is 0.642. The van der Waals surface area contributed by atoms with Crippen LogP contribution < -0.4 is 0 Å². The molecule has 5 aliphatic rings. The van der Waals surface area contributed by atoms with Gasteiger partial charge < -0.3 is 0 Å². The van der Waals surface area contributed by atoms with Gasteiger partial charge in [-0.3, -0.25) is 4.79 Å². The summed E-state index contributed by atoms with van der Waals surface area (Å²) in [7, 11) is 0. The highest BCUT2D eigenvalue weighted by molar-refractivity contribution is 5.90. The summed E-state index contributed by atoms with van der Waals surface area (Å²) in [5.41, 5.74) is 8.36. The molecule has 1 heteroatoms. The van der Waals surface area contributed by atoms with Crippen LogP contribution in [0.3, 0.4) is 0 Å². The van der Waals surface area contributed by atoms with E-state index >= 15 is 0 Å². The standard InChI is InChI=1S/C21H22O/c1-11-9-16-19-12-7-8-21(16,10-12)20-15-4-2-3-14(18(11)19)13(15)5-6-17(20)22/h2-4,11-12,18,20H,5-10H2,1H3. The molecular formula is C21H22O. The van der Waals surface area contributed by atoms with Gasteiger partial charge in [-0.15, -0.1) is 0 Å². The van der Waals surface area contributed by atoms with Gasteiger partial charge in [0.05, 0.1) is 5.92 Å². The molecule has 0 N–H and O–H groups in total. The minimum absolute atomic E-state index is 0.194. The molecule has 0 aliphatic heterocycles. The van der Waals surface area contributed by atoms with Crippen LogP contribution in [0.25, 0.3) is 0 Å². The van der Waals surface area contributed by atoms with Crippen molar-refractivity contribution in [2.75, 3.05) is 0 Å². The van der Waals surface area contributed by atoms with Crippen LogP contribution in [0.15, 0.2) is 29.3 Å². The van der Waals surface area contributed by atoms with Gasteiger partial charge in [-0.2, -0.15) is 0 Å². The highest BCUT2D eigenvalue weighted by atomic mass is 16.1. The van der Waals surface area contributed by atoms with Crippen LogP contribution in [-0.2, 0) is 11.2 Å². The molecule has 1 aromatic carbocycles. The first kappa shape index (κ1) is 12.1. The first-order valence-electron chi connectivity index (χ1n) is 9.08. The molecule has 0 saturated heterocycles. The zero-order chi connectivity index (χ0) is 14.6. The number of Topliss-reactive ketones (excluding diaryl/α,β-unsaturated/α-hetero) is 1. The number of carbonyl (C=O) groups is 1. The molecule has 0 amide bonds. The molecule has 0 heterocycles. The van der Waals surface area contributed by atoms with Gasteiger partial charge in [0.2, 0.25) is 0 Å². The van der Waals surface area contributed by atoms with Crippen LogP contribution in [0.1, 0.15) is 67.6 Å². The van der Waals surface area contributed by atoms with Crippen molar-refractivity contribution in [3.05, 3.63) is 46.0 Å². The van der Waals surface area contributed by atoms with Crippen molar-refractivity contribution in [3.8, 4) is 0 Å². The van der Waals surface area contributed by atoms with E-state index in [1.165, 1.54) is 31.2 Å². The fourth-order valence-corrected chi connectivity index (χ4v) is 7.21. The predicted molar refractivity (Wildman–Crippen MR) is 85.8 cm³/mol. The molecule has 9 bridgehead atoms. The van der Waals surface area contributed by atoms with Crippen molar-refractivity contribution in [3.63, 3.8) is 0 Å². The smallest absolute Gasteiger partial charge is 0.141 e. The number of hydrogen-bond acceptors (Lipinski definition) is 1. The van der Waals surface area contributed by atoms with Gasteiger partial charge in [0.25, 0.3) is 0 Å². The van der Waals surface area contributed by atoms with Crippen LogP contribution in [0.4, 0.5) is 0 Å². The molecule has 5 unspecified atom stereocenters. The van der Waals surface area contributed by atoms with E-state index in [-0.39, 0.29) is 11.3 Å². The summed E-state index contributed by atoms with van der Waals surface area (Å²) in [6.45, 7) is 2.45. The monoisotopic (exact) mass is 290 g/mol. The number of rotatable bonds is 0. The van der Waals surface area contributed by atoms with Crippen molar-refractivity contribution in [2.45, 2.75) is 57.3 Å². The molecule has 22 heavy (non-hydrogen) atoms. The topological polar surface area (TPSA) is 17.1 Å². The van der Waals surface area contributed by atoms with E-state index in [9.17, 15) is 4.79 Å². The first-order valence-corrected chi connectivity index (χ1v) is 9.08. The van der Waals surface area contributed by atoms with Crippen molar-refractivity contribution >= 4 is 5.78 Å². The Kier molecular flexibility index (Phi) is 1.97. The number of fused-ring (bicyclic) bond motifs is 2. The van der Waals surface area contributed by atoms with Crippen LogP contribution in [0.5, 0.6) is 0 Å². The largest absolute Gasteiger partial charge is 0.299 e. The van der Waals surface area contributed by atoms with E-state index < -0.39 is 0 Å². The lowest BCUT2D eigenvalue weighted by atomic mass is 9.60. The summed E-state index contributed by atoms with van der Waals surface area (Å²) in [5.74, 6) is 2.94. The van der Waals surface area contributed by atoms with Gasteiger partial charge in [-0.25, -0.2) is 0 Å². The molecule has 0 aromatic heterocycles. The Bertz CT molecular complexity index is 770. The molecule has 1 spiro atoms. The third-order valence-electron chi connectivity index (χ3n) is 7.76. The van der Waals surface area contributed by atoms with Crippen molar-refractivity contribution in [1.82, 2.24) is 0 Å². The molecule has 0 radical (unpaired) electrons. The van der Waals surface area contributed by atoms with Crippen LogP contribution >= 0.6 is 0 Å². The summed E-state index contributed by atoms with van der Waals surface area (Å²) in [5, 5.41) is 0. The van der Waals surface area contributed by atoms with Crippen molar-refractivity contribution in [2.24, 2.45) is 17.3 Å².